The molecule has 176 valence electrons. The number of aryl methyl sites for hydroxylation is 1. The lowest BCUT2D eigenvalue weighted by molar-refractivity contribution is -0.152. The second kappa shape index (κ2) is 9.27. The summed E-state index contributed by atoms with van der Waals surface area (Å²) in [5, 5.41) is 16.9. The van der Waals surface area contributed by atoms with Gasteiger partial charge < -0.3 is 15.2 Å². The van der Waals surface area contributed by atoms with Gasteiger partial charge in [0.25, 0.3) is 0 Å². The number of rotatable bonds is 8. The average molecular weight is 461 g/mol. The molecular formula is C24H26F3N3O3. The summed E-state index contributed by atoms with van der Waals surface area (Å²) < 4.78 is 45.7. The van der Waals surface area contributed by atoms with Gasteiger partial charge in [0.1, 0.15) is 5.75 Å². The van der Waals surface area contributed by atoms with Crippen LogP contribution >= 0.6 is 0 Å². The molecule has 2 aromatic carbocycles. The van der Waals surface area contributed by atoms with E-state index in [9.17, 15) is 23.1 Å². The molecule has 0 saturated carbocycles. The molecule has 0 radical (unpaired) electrons. The minimum Gasteiger partial charge on any atom is -0.478 e. The number of carboxylic acids is 1. The number of nitrogens with one attached hydrogen (secondary N) is 1. The van der Waals surface area contributed by atoms with E-state index in [-0.39, 0.29) is 6.04 Å². The number of aromatic nitrogens is 2. The van der Waals surface area contributed by atoms with Crippen molar-refractivity contribution in [1.82, 2.24) is 15.1 Å². The molecule has 0 aliphatic heterocycles. The van der Waals surface area contributed by atoms with Crippen LogP contribution in [-0.4, -0.2) is 33.5 Å². The number of alkyl halides is 3. The minimum atomic E-state index is -4.38. The van der Waals surface area contributed by atoms with E-state index in [0.717, 1.165) is 23.4 Å². The molecule has 1 unspecified atom stereocenters. The largest absolute Gasteiger partial charge is 0.478 e. The molecule has 1 atom stereocenters. The van der Waals surface area contributed by atoms with E-state index in [1.165, 1.54) is 26.0 Å². The molecular weight excluding hydrogens is 435 g/mol. The van der Waals surface area contributed by atoms with Crippen molar-refractivity contribution in [1.29, 1.82) is 0 Å². The van der Waals surface area contributed by atoms with Gasteiger partial charge in [0.2, 0.25) is 0 Å². The highest BCUT2D eigenvalue weighted by atomic mass is 19.4. The molecule has 2 N–H and O–H groups in total. The fraction of sp³-hybridized carbons (Fsp3) is 0.333. The summed E-state index contributed by atoms with van der Waals surface area (Å²) in [6.45, 7) is 2.96. The van der Waals surface area contributed by atoms with E-state index in [4.69, 9.17) is 4.74 Å². The summed E-state index contributed by atoms with van der Waals surface area (Å²) >= 11 is 0. The number of aliphatic carboxylic acids is 1. The van der Waals surface area contributed by atoms with Gasteiger partial charge in [0, 0.05) is 30.8 Å². The molecule has 0 amide bonds. The number of ether oxygens (including phenoxy) is 1. The highest BCUT2D eigenvalue weighted by molar-refractivity contribution is 5.76. The summed E-state index contributed by atoms with van der Waals surface area (Å²) in [4.78, 5) is 11.3. The third kappa shape index (κ3) is 5.73. The minimum absolute atomic E-state index is 0.0672. The van der Waals surface area contributed by atoms with Crippen molar-refractivity contribution in [2.24, 2.45) is 7.05 Å². The molecule has 0 aliphatic rings. The van der Waals surface area contributed by atoms with Gasteiger partial charge >= 0.3 is 12.1 Å². The summed E-state index contributed by atoms with van der Waals surface area (Å²) in [5.74, 6) is -0.606. The van der Waals surface area contributed by atoms with Gasteiger partial charge in [-0.1, -0.05) is 24.3 Å². The van der Waals surface area contributed by atoms with Crippen LogP contribution in [0.5, 0.6) is 5.75 Å². The number of benzene rings is 2. The standard InChI is InChI=1S/C24H26F3N3O3/c1-23(2,22(31)32)33-19-11-7-15(8-12-19)20(28-3)13-18-14-21(29-30(18)4)16-5-9-17(10-6-16)24(25,26)27/h5-12,14,20,28H,13H2,1-4H3,(H,31,32). The van der Waals surface area contributed by atoms with Crippen molar-refractivity contribution in [3.63, 3.8) is 0 Å². The third-order valence-electron chi connectivity index (χ3n) is 5.42. The lowest BCUT2D eigenvalue weighted by Gasteiger charge is -2.22. The van der Waals surface area contributed by atoms with Gasteiger partial charge in [-0.3, -0.25) is 4.68 Å². The Kier molecular flexibility index (Phi) is 6.83. The number of likely N-dealkylation sites (N-methyl/N-ethyl adjacent to an activating group) is 1. The van der Waals surface area contributed by atoms with E-state index in [1.54, 1.807) is 23.9 Å². The van der Waals surface area contributed by atoms with Gasteiger partial charge in [0.05, 0.1) is 11.3 Å². The topological polar surface area (TPSA) is 76.4 Å². The number of hydrogen-bond donors (Lipinski definition) is 2. The predicted octanol–water partition coefficient (Wildman–Crippen LogP) is 4.85. The summed E-state index contributed by atoms with van der Waals surface area (Å²) in [7, 11) is 3.62. The first-order chi connectivity index (χ1) is 15.4. The van der Waals surface area contributed by atoms with Crippen molar-refractivity contribution in [2.75, 3.05) is 7.05 Å². The highest BCUT2D eigenvalue weighted by Crippen LogP contribution is 2.31. The SMILES string of the molecule is CNC(Cc1cc(-c2ccc(C(F)(F)F)cc2)nn1C)c1ccc(OC(C)(C)C(=O)O)cc1. The second-order valence-electron chi connectivity index (χ2n) is 8.25. The van der Waals surface area contributed by atoms with Crippen LogP contribution in [-0.2, 0) is 24.4 Å². The zero-order chi connectivity index (χ0) is 24.4. The lowest BCUT2D eigenvalue weighted by atomic mass is 10.0. The van der Waals surface area contributed by atoms with Gasteiger partial charge in [-0.05, 0) is 56.8 Å². The maximum Gasteiger partial charge on any atom is 0.416 e. The Morgan fingerprint density at radius 3 is 2.24 bits per heavy atom. The van der Waals surface area contributed by atoms with Gasteiger partial charge in [0.15, 0.2) is 5.60 Å². The van der Waals surface area contributed by atoms with Crippen LogP contribution in [0.15, 0.2) is 54.6 Å². The smallest absolute Gasteiger partial charge is 0.416 e. The second-order valence-corrected chi connectivity index (χ2v) is 8.25. The van der Waals surface area contributed by atoms with Crippen LogP contribution in [0.25, 0.3) is 11.3 Å². The van der Waals surface area contributed by atoms with Crippen LogP contribution in [0.2, 0.25) is 0 Å². The Labute approximate surface area is 190 Å². The number of hydrogen-bond acceptors (Lipinski definition) is 4. The van der Waals surface area contributed by atoms with Gasteiger partial charge in [-0.15, -0.1) is 0 Å². The Bertz CT molecular complexity index is 1100. The number of carbonyl (C=O) groups is 1. The number of halogens is 3. The van der Waals surface area contributed by atoms with E-state index in [0.29, 0.717) is 23.4 Å². The fourth-order valence-corrected chi connectivity index (χ4v) is 3.37. The Balaban J connectivity index is 1.76. The van der Waals surface area contributed by atoms with Gasteiger partial charge in [-0.25, -0.2) is 4.79 Å². The zero-order valence-corrected chi connectivity index (χ0v) is 18.8. The third-order valence-corrected chi connectivity index (χ3v) is 5.42. The normalized spacial score (nSPS) is 13.1. The van der Waals surface area contributed by atoms with Crippen molar-refractivity contribution < 1.29 is 27.8 Å². The Hall–Kier alpha value is -3.33. The van der Waals surface area contributed by atoms with Crippen molar-refractivity contribution in [3.05, 3.63) is 71.4 Å². The molecule has 1 aromatic heterocycles. The number of nitrogens with zero attached hydrogens (tertiary/aromatic N) is 2. The van der Waals surface area contributed by atoms with Crippen LogP contribution in [0, 0.1) is 0 Å². The maximum atomic E-state index is 12.8. The molecule has 1 heterocycles. The Morgan fingerprint density at radius 2 is 1.73 bits per heavy atom. The molecule has 3 rings (SSSR count). The van der Waals surface area contributed by atoms with E-state index in [1.807, 2.05) is 25.2 Å². The summed E-state index contributed by atoms with van der Waals surface area (Å²) in [6, 6.07) is 13.9. The summed E-state index contributed by atoms with van der Waals surface area (Å²) in [5.41, 5.74) is 1.03. The van der Waals surface area contributed by atoms with Crippen molar-refractivity contribution in [3.8, 4) is 17.0 Å². The fourth-order valence-electron chi connectivity index (χ4n) is 3.37. The number of carboxylic acid groups (broad SMARTS) is 1. The molecule has 9 heteroatoms. The first-order valence-electron chi connectivity index (χ1n) is 10.3. The quantitative estimate of drug-likeness (QED) is 0.502. The molecule has 0 saturated heterocycles. The molecule has 3 aromatic rings. The molecule has 0 fully saturated rings. The zero-order valence-electron chi connectivity index (χ0n) is 18.8. The molecule has 33 heavy (non-hydrogen) atoms. The van der Waals surface area contributed by atoms with Gasteiger partial charge in [-0.2, -0.15) is 18.3 Å². The monoisotopic (exact) mass is 461 g/mol. The Morgan fingerprint density at radius 1 is 1.12 bits per heavy atom. The van der Waals surface area contributed by atoms with E-state index >= 15 is 0 Å². The lowest BCUT2D eigenvalue weighted by Crippen LogP contribution is -2.37. The van der Waals surface area contributed by atoms with Crippen LogP contribution in [0.3, 0.4) is 0 Å². The molecule has 6 nitrogen and oxygen atoms in total. The van der Waals surface area contributed by atoms with Crippen molar-refractivity contribution in [2.45, 2.75) is 38.1 Å². The first kappa shape index (κ1) is 24.3. The first-order valence-corrected chi connectivity index (χ1v) is 10.3. The van der Waals surface area contributed by atoms with Crippen molar-refractivity contribution >= 4 is 5.97 Å². The van der Waals surface area contributed by atoms with E-state index < -0.39 is 23.3 Å². The average Bonchev–Trinajstić information content (AvgIpc) is 3.12. The predicted molar refractivity (Wildman–Crippen MR) is 118 cm³/mol. The molecule has 0 aliphatic carbocycles. The van der Waals surface area contributed by atoms with E-state index in [2.05, 4.69) is 10.4 Å². The van der Waals surface area contributed by atoms with Crippen LogP contribution in [0.4, 0.5) is 13.2 Å². The summed E-state index contributed by atoms with van der Waals surface area (Å²) in [6.07, 6.45) is -3.79. The van der Waals surface area contributed by atoms with Crippen LogP contribution in [0.1, 0.15) is 36.7 Å². The maximum absolute atomic E-state index is 12.8. The highest BCUT2D eigenvalue weighted by Gasteiger charge is 2.30. The molecule has 0 spiro atoms. The van der Waals surface area contributed by atoms with Crippen LogP contribution < -0.4 is 10.1 Å². The molecule has 0 bridgehead atoms.